The molecule has 0 bridgehead atoms. The number of carbonyl (C=O) groups is 2. The quantitative estimate of drug-likeness (QED) is 0.560. The highest BCUT2D eigenvalue weighted by Gasteiger charge is 2.22. The van der Waals surface area contributed by atoms with Crippen LogP contribution < -0.4 is 0 Å². The van der Waals surface area contributed by atoms with E-state index in [1.54, 1.807) is 12.1 Å². The van der Waals surface area contributed by atoms with Crippen molar-refractivity contribution in [3.8, 4) is 0 Å². The molecule has 0 N–H and O–H groups in total. The molecule has 0 saturated carbocycles. The van der Waals surface area contributed by atoms with Gasteiger partial charge in [0, 0.05) is 19.7 Å². The number of aryl methyl sites for hydroxylation is 2. The van der Waals surface area contributed by atoms with E-state index in [-0.39, 0.29) is 16.2 Å². The molecule has 6 nitrogen and oxygen atoms in total. The predicted molar refractivity (Wildman–Crippen MR) is 102 cm³/mol. The van der Waals surface area contributed by atoms with Crippen molar-refractivity contribution in [3.05, 3.63) is 64.7 Å². The number of rotatable bonds is 6. The van der Waals surface area contributed by atoms with E-state index < -0.39 is 22.1 Å². The number of hydrogen-bond acceptors (Lipinski definition) is 5. The smallest absolute Gasteiger partial charge is 0.338 e. The van der Waals surface area contributed by atoms with Gasteiger partial charge in [-0.25, -0.2) is 17.5 Å². The zero-order valence-electron chi connectivity index (χ0n) is 16.0. The van der Waals surface area contributed by atoms with Gasteiger partial charge in [-0.1, -0.05) is 12.1 Å². The molecule has 0 fully saturated rings. The van der Waals surface area contributed by atoms with Crippen LogP contribution in [0, 0.1) is 13.8 Å². The van der Waals surface area contributed by atoms with Gasteiger partial charge in [-0.15, -0.1) is 0 Å². The molecule has 144 valence electrons. The highest BCUT2D eigenvalue weighted by molar-refractivity contribution is 7.89. The van der Waals surface area contributed by atoms with Crippen molar-refractivity contribution in [1.82, 2.24) is 4.31 Å². The van der Waals surface area contributed by atoms with Crippen LogP contribution in [0.1, 0.15) is 38.8 Å². The summed E-state index contributed by atoms with van der Waals surface area (Å²) in [6.07, 6.45) is -0.954. The van der Waals surface area contributed by atoms with Crippen LogP contribution in [0.5, 0.6) is 0 Å². The number of esters is 1. The molecule has 27 heavy (non-hydrogen) atoms. The first kappa shape index (κ1) is 20.8. The maximum atomic E-state index is 12.5. The second kappa shape index (κ2) is 8.02. The molecule has 0 heterocycles. The number of carbonyl (C=O) groups excluding carboxylic acids is 2. The van der Waals surface area contributed by atoms with E-state index in [9.17, 15) is 18.0 Å². The fraction of sp³-hybridized carbons (Fsp3) is 0.300. The first-order valence-corrected chi connectivity index (χ1v) is 9.83. The minimum Gasteiger partial charge on any atom is -0.451 e. The van der Waals surface area contributed by atoms with Crippen LogP contribution in [-0.4, -0.2) is 44.7 Å². The molecule has 7 heteroatoms. The molecule has 0 aliphatic carbocycles. The van der Waals surface area contributed by atoms with Gasteiger partial charge in [0.25, 0.3) is 0 Å². The summed E-state index contributed by atoms with van der Waals surface area (Å²) >= 11 is 0. The third-order valence-corrected chi connectivity index (χ3v) is 6.14. The van der Waals surface area contributed by atoms with Crippen molar-refractivity contribution in [3.63, 3.8) is 0 Å². The lowest BCUT2D eigenvalue weighted by atomic mass is 10.0. The molecule has 0 aliphatic rings. The van der Waals surface area contributed by atoms with Gasteiger partial charge in [-0.2, -0.15) is 0 Å². The predicted octanol–water partition coefficient (Wildman–Crippen LogP) is 2.98. The summed E-state index contributed by atoms with van der Waals surface area (Å²) in [7, 11) is -0.716. The van der Waals surface area contributed by atoms with Gasteiger partial charge in [-0.3, -0.25) is 4.79 Å². The average Bonchev–Trinajstić information content (AvgIpc) is 2.63. The monoisotopic (exact) mass is 389 g/mol. The largest absolute Gasteiger partial charge is 0.451 e. The van der Waals surface area contributed by atoms with E-state index in [0.29, 0.717) is 5.56 Å². The zero-order valence-corrected chi connectivity index (χ0v) is 16.8. The van der Waals surface area contributed by atoms with Crippen LogP contribution in [0.25, 0.3) is 0 Å². The molecule has 0 saturated heterocycles. The van der Waals surface area contributed by atoms with Crippen LogP contribution in [0.15, 0.2) is 47.4 Å². The van der Waals surface area contributed by atoms with Crippen LogP contribution in [0.2, 0.25) is 0 Å². The second-order valence-corrected chi connectivity index (χ2v) is 8.67. The molecule has 2 aromatic carbocycles. The van der Waals surface area contributed by atoms with Crippen LogP contribution >= 0.6 is 0 Å². The van der Waals surface area contributed by atoms with Crippen molar-refractivity contribution in [2.24, 2.45) is 0 Å². The summed E-state index contributed by atoms with van der Waals surface area (Å²) in [5.74, 6) is -0.980. The van der Waals surface area contributed by atoms with Crippen molar-refractivity contribution < 1.29 is 22.7 Å². The Morgan fingerprint density at radius 2 is 1.48 bits per heavy atom. The van der Waals surface area contributed by atoms with E-state index in [2.05, 4.69) is 0 Å². The Hall–Kier alpha value is -2.51. The van der Waals surface area contributed by atoms with E-state index in [0.717, 1.165) is 15.4 Å². The lowest BCUT2D eigenvalue weighted by molar-refractivity contribution is 0.0318. The lowest BCUT2D eigenvalue weighted by Gasteiger charge is -2.14. The Labute approximate surface area is 159 Å². The number of ketones is 1. The Morgan fingerprint density at radius 1 is 0.926 bits per heavy atom. The minimum absolute atomic E-state index is 0.0725. The molecule has 2 rings (SSSR count). The molecular weight excluding hydrogens is 366 g/mol. The molecule has 0 radical (unpaired) electrons. The highest BCUT2D eigenvalue weighted by atomic mass is 32.2. The number of sulfonamides is 1. The Kier molecular flexibility index (Phi) is 6.18. The van der Waals surface area contributed by atoms with Gasteiger partial charge >= 0.3 is 5.97 Å². The number of Topliss-reactive ketones (excluding diaryl/α,β-unsaturated/α-hetero) is 1. The summed E-state index contributed by atoms with van der Waals surface area (Å²) in [5, 5.41) is 0. The van der Waals surface area contributed by atoms with Gasteiger partial charge in [0.15, 0.2) is 6.10 Å². The first-order chi connectivity index (χ1) is 12.5. The normalized spacial score (nSPS) is 12.7. The molecule has 0 aliphatic heterocycles. The average molecular weight is 389 g/mol. The molecule has 0 aromatic heterocycles. The van der Waals surface area contributed by atoms with E-state index in [1.807, 2.05) is 19.9 Å². The van der Waals surface area contributed by atoms with Crippen molar-refractivity contribution in [1.29, 1.82) is 0 Å². The highest BCUT2D eigenvalue weighted by Crippen LogP contribution is 2.17. The Bertz CT molecular complexity index is 962. The van der Waals surface area contributed by atoms with Gasteiger partial charge in [-0.05, 0) is 62.2 Å². The number of nitrogens with zero attached hydrogens (tertiary/aromatic N) is 1. The molecule has 0 unspecified atom stereocenters. The Balaban J connectivity index is 2.12. The van der Waals surface area contributed by atoms with Crippen molar-refractivity contribution in [2.45, 2.75) is 31.8 Å². The summed E-state index contributed by atoms with van der Waals surface area (Å²) < 4.78 is 30.4. The molecule has 1 atom stereocenters. The van der Waals surface area contributed by atoms with Gasteiger partial charge in [0.05, 0.1) is 10.5 Å². The van der Waals surface area contributed by atoms with Crippen LogP contribution in [-0.2, 0) is 14.8 Å². The fourth-order valence-corrected chi connectivity index (χ4v) is 3.29. The molecule has 2 aromatic rings. The third kappa shape index (κ3) is 4.61. The van der Waals surface area contributed by atoms with Gasteiger partial charge < -0.3 is 4.74 Å². The molecule has 0 spiro atoms. The maximum Gasteiger partial charge on any atom is 0.338 e. The standard InChI is InChI=1S/C20H23NO5S/c1-13-6-7-17(12-14(13)2)19(22)15(3)26-20(23)16-8-10-18(11-9-16)27(24,25)21(4)5/h6-12,15H,1-5H3/t15-/m0/s1. The fourth-order valence-electron chi connectivity index (χ4n) is 2.39. The minimum atomic E-state index is -3.57. The topological polar surface area (TPSA) is 80.8 Å². The van der Waals surface area contributed by atoms with Gasteiger partial charge in [0.2, 0.25) is 15.8 Å². The molecular formula is C20H23NO5S. The molecule has 0 amide bonds. The van der Waals surface area contributed by atoms with Crippen LogP contribution in [0.3, 0.4) is 0 Å². The SMILES string of the molecule is Cc1ccc(C(=O)[C@H](C)OC(=O)c2ccc(S(=O)(=O)N(C)C)cc2)cc1C. The van der Waals surface area contributed by atoms with Crippen molar-refractivity contribution >= 4 is 21.8 Å². The number of hydrogen-bond donors (Lipinski definition) is 0. The van der Waals surface area contributed by atoms with E-state index in [4.69, 9.17) is 4.74 Å². The Morgan fingerprint density at radius 3 is 2.00 bits per heavy atom. The number of ether oxygens (including phenoxy) is 1. The second-order valence-electron chi connectivity index (χ2n) is 6.52. The third-order valence-electron chi connectivity index (χ3n) is 4.31. The van der Waals surface area contributed by atoms with E-state index >= 15 is 0 Å². The first-order valence-electron chi connectivity index (χ1n) is 8.39. The zero-order chi connectivity index (χ0) is 20.4. The van der Waals surface area contributed by atoms with E-state index in [1.165, 1.54) is 45.3 Å². The van der Waals surface area contributed by atoms with Gasteiger partial charge in [0.1, 0.15) is 0 Å². The summed E-state index contributed by atoms with van der Waals surface area (Å²) in [5.41, 5.74) is 2.71. The van der Waals surface area contributed by atoms with Crippen LogP contribution in [0.4, 0.5) is 0 Å². The number of benzene rings is 2. The summed E-state index contributed by atoms with van der Waals surface area (Å²) in [6, 6.07) is 10.7. The van der Waals surface area contributed by atoms with Crippen molar-refractivity contribution in [2.75, 3.05) is 14.1 Å². The summed E-state index contributed by atoms with van der Waals surface area (Å²) in [6.45, 7) is 5.37. The lowest BCUT2D eigenvalue weighted by Crippen LogP contribution is -2.25. The maximum absolute atomic E-state index is 12.5. The summed E-state index contributed by atoms with van der Waals surface area (Å²) in [4.78, 5) is 24.8.